The van der Waals surface area contributed by atoms with Gasteiger partial charge in [-0.05, 0) is 72.6 Å². The minimum atomic E-state index is 0.127. The molecule has 0 bridgehead atoms. The number of hydrogen-bond donors (Lipinski definition) is 1. The van der Waals surface area contributed by atoms with E-state index in [0.29, 0.717) is 5.41 Å². The van der Waals surface area contributed by atoms with Crippen molar-refractivity contribution >= 4 is 22.1 Å². The normalized spacial score (nSPS) is 19.7. The molecule has 2 fully saturated rings. The van der Waals surface area contributed by atoms with Crippen molar-refractivity contribution in [3.63, 3.8) is 0 Å². The molecule has 246 valence electrons. The molecule has 0 atom stereocenters. The average molecular weight is 622 g/mol. The molecule has 2 N–H and O–H groups in total. The van der Waals surface area contributed by atoms with E-state index in [-0.39, 0.29) is 5.41 Å². The Bertz CT molecular complexity index is 1490. The van der Waals surface area contributed by atoms with Gasteiger partial charge in [0.15, 0.2) is 0 Å². The second kappa shape index (κ2) is 16.6. The highest BCUT2D eigenvalue weighted by Crippen LogP contribution is 2.57. The maximum Gasteiger partial charge on any atom is 0.133 e. The van der Waals surface area contributed by atoms with E-state index in [0.717, 1.165) is 26.3 Å². The Hall–Kier alpha value is -3.18. The van der Waals surface area contributed by atoms with Crippen molar-refractivity contribution < 1.29 is 14.8 Å². The van der Waals surface area contributed by atoms with Gasteiger partial charge in [0, 0.05) is 43.1 Å². The van der Waals surface area contributed by atoms with Gasteiger partial charge < -0.3 is 19.7 Å². The van der Waals surface area contributed by atoms with Gasteiger partial charge >= 0.3 is 0 Å². The van der Waals surface area contributed by atoms with Crippen LogP contribution in [0, 0.1) is 0 Å². The lowest BCUT2D eigenvalue weighted by Crippen LogP contribution is -2.79. The third kappa shape index (κ3) is 7.51. The average Bonchev–Trinajstić information content (AvgIpc) is 3.34. The second-order valence-corrected chi connectivity index (χ2v) is 13.6. The highest BCUT2D eigenvalue weighted by molar-refractivity contribution is 5.95. The van der Waals surface area contributed by atoms with Crippen LogP contribution in [0.25, 0.3) is 10.8 Å². The third-order valence-electron chi connectivity index (χ3n) is 10.6. The van der Waals surface area contributed by atoms with Gasteiger partial charge in [-0.2, -0.15) is 0 Å². The Balaban J connectivity index is 0.000000200. The van der Waals surface area contributed by atoms with Crippen LogP contribution in [0.3, 0.4) is 0 Å². The number of benzene rings is 3. The molecule has 2 saturated carbocycles. The fourth-order valence-corrected chi connectivity index (χ4v) is 8.32. The van der Waals surface area contributed by atoms with Crippen molar-refractivity contribution in [1.82, 2.24) is 0 Å². The summed E-state index contributed by atoms with van der Waals surface area (Å²) in [5.41, 5.74) is 7.85. The number of para-hydroxylation sites is 1. The quantitative estimate of drug-likeness (QED) is 0.139. The van der Waals surface area contributed by atoms with Gasteiger partial charge in [0.1, 0.15) is 12.2 Å². The third-order valence-corrected chi connectivity index (χ3v) is 10.6. The summed E-state index contributed by atoms with van der Waals surface area (Å²) in [5.74, 6) is 0. The molecule has 1 heterocycles. The molecule has 3 aromatic rings. The van der Waals surface area contributed by atoms with Gasteiger partial charge in [-0.3, -0.25) is 0 Å². The summed E-state index contributed by atoms with van der Waals surface area (Å²) >= 11 is 0. The summed E-state index contributed by atoms with van der Waals surface area (Å²) in [7, 11) is 3.56. The standard InChI is InChI=1S/C26H31NO.C16H25NO/c1-3-4-5-7-14-24-26(17-10-6-11-18-26)25-22-13-9-8-12-21(22)15-16-23(25)27(24)19-20-28-2;1-16(10-6-3-7-11-16)14-8-4-5-9-15(14)17-12-13-18-2/h3-5,7-9,12-16H,6,10-11,17-20H2,1-2H3;4-5,8-9,17H,3,6-7,10-13H2,1-2H3/p+1/b4-3+,7-5+,24-14+;. The number of allylic oxidation sites excluding steroid dienone is 6. The molecule has 4 heteroatoms. The van der Waals surface area contributed by atoms with Gasteiger partial charge in [0.05, 0.1) is 13.2 Å². The van der Waals surface area contributed by atoms with Crippen molar-refractivity contribution in [1.29, 1.82) is 0 Å². The molecular weight excluding hydrogens is 564 g/mol. The Morgan fingerprint density at radius 3 is 2.20 bits per heavy atom. The van der Waals surface area contributed by atoms with Gasteiger partial charge in [0.2, 0.25) is 0 Å². The number of anilines is 1. The van der Waals surface area contributed by atoms with Crippen molar-refractivity contribution in [2.45, 2.75) is 88.9 Å². The van der Waals surface area contributed by atoms with Crippen LogP contribution in [0.2, 0.25) is 0 Å². The van der Waals surface area contributed by atoms with Crippen LogP contribution in [0.15, 0.2) is 96.7 Å². The fraction of sp³-hybridized carbons (Fsp3) is 0.476. The van der Waals surface area contributed by atoms with E-state index in [1.165, 1.54) is 92.1 Å². The van der Waals surface area contributed by atoms with Crippen LogP contribution in [0.5, 0.6) is 0 Å². The molecule has 46 heavy (non-hydrogen) atoms. The first-order valence-electron chi connectivity index (χ1n) is 17.8. The van der Waals surface area contributed by atoms with E-state index in [9.17, 15) is 0 Å². The van der Waals surface area contributed by atoms with Crippen LogP contribution in [-0.4, -0.2) is 40.5 Å². The first-order valence-corrected chi connectivity index (χ1v) is 17.8. The fourth-order valence-electron chi connectivity index (χ4n) is 8.32. The Morgan fingerprint density at radius 2 is 1.46 bits per heavy atom. The molecule has 1 aliphatic heterocycles. The zero-order valence-corrected chi connectivity index (χ0v) is 28.9. The number of methoxy groups -OCH3 is 2. The molecule has 2 aliphatic carbocycles. The van der Waals surface area contributed by atoms with Crippen molar-refractivity contribution in [2.75, 3.05) is 45.4 Å². The molecular formula is C42H57N2O2+. The van der Waals surface area contributed by atoms with Gasteiger partial charge in [0.25, 0.3) is 0 Å². The van der Waals surface area contributed by atoms with E-state index >= 15 is 0 Å². The zero-order valence-electron chi connectivity index (χ0n) is 28.9. The van der Waals surface area contributed by atoms with E-state index in [1.807, 2.05) is 0 Å². The number of rotatable bonds is 10. The summed E-state index contributed by atoms with van der Waals surface area (Å²) in [4.78, 5) is 2.52. The summed E-state index contributed by atoms with van der Waals surface area (Å²) in [6.45, 7) is 7.94. The number of fused-ring (bicyclic) bond motifs is 4. The lowest BCUT2D eigenvalue weighted by Gasteiger charge is -2.37. The van der Waals surface area contributed by atoms with Crippen molar-refractivity contribution in [3.05, 3.63) is 108 Å². The summed E-state index contributed by atoms with van der Waals surface area (Å²) < 4.78 is 10.6. The zero-order chi connectivity index (χ0) is 32.2. The van der Waals surface area contributed by atoms with Crippen LogP contribution in [0.1, 0.15) is 89.2 Å². The number of nitrogens with two attached hydrogens (primary N) is 1. The molecule has 0 amide bonds. The first kappa shape index (κ1) is 34.2. The van der Waals surface area contributed by atoms with E-state index < -0.39 is 0 Å². The number of nitrogens with zero attached hydrogens (tertiary/aromatic N) is 1. The van der Waals surface area contributed by atoms with E-state index in [2.05, 4.69) is 115 Å². The van der Waals surface area contributed by atoms with Crippen LogP contribution >= 0.6 is 0 Å². The Morgan fingerprint density at radius 1 is 0.761 bits per heavy atom. The molecule has 3 aliphatic rings. The first-order chi connectivity index (χ1) is 22.6. The Labute approximate surface area is 278 Å². The van der Waals surface area contributed by atoms with Crippen molar-refractivity contribution in [2.24, 2.45) is 0 Å². The van der Waals surface area contributed by atoms with Crippen LogP contribution in [0.4, 0.5) is 11.4 Å². The topological polar surface area (TPSA) is 38.3 Å². The molecule has 0 saturated heterocycles. The monoisotopic (exact) mass is 621 g/mol. The van der Waals surface area contributed by atoms with Gasteiger partial charge in [-0.15, -0.1) is 0 Å². The molecule has 3 aromatic carbocycles. The molecule has 1 spiro atoms. The molecule has 6 rings (SSSR count). The van der Waals surface area contributed by atoms with Gasteiger partial charge in [-0.1, -0.05) is 118 Å². The minimum absolute atomic E-state index is 0.127. The minimum Gasteiger partial charge on any atom is -0.383 e. The predicted octanol–water partition coefficient (Wildman–Crippen LogP) is 9.27. The SMILES string of the molecule is C/C=C/C=C/C=C1/N(CCOC)c2ccc3ccccc3c2C12CCCCC2.COCC[NH2+]c1ccccc1C1(C)CCCCC1. The molecule has 0 aromatic heterocycles. The van der Waals surface area contributed by atoms with Gasteiger partial charge in [-0.25, -0.2) is 0 Å². The molecule has 0 unspecified atom stereocenters. The van der Waals surface area contributed by atoms with Crippen molar-refractivity contribution in [3.8, 4) is 0 Å². The largest absolute Gasteiger partial charge is 0.383 e. The summed E-state index contributed by atoms with van der Waals surface area (Å²) in [6.07, 6.45) is 24.1. The second-order valence-electron chi connectivity index (χ2n) is 13.6. The predicted molar refractivity (Wildman–Crippen MR) is 195 cm³/mol. The summed E-state index contributed by atoms with van der Waals surface area (Å²) in [6, 6.07) is 22.4. The maximum atomic E-state index is 5.48. The highest BCUT2D eigenvalue weighted by Gasteiger charge is 2.48. The van der Waals surface area contributed by atoms with Crippen LogP contribution in [-0.2, 0) is 20.3 Å². The molecule has 0 radical (unpaired) electrons. The molecule has 4 nitrogen and oxygen atoms in total. The lowest BCUT2D eigenvalue weighted by atomic mass is 9.67. The number of hydrogen-bond acceptors (Lipinski definition) is 3. The van der Waals surface area contributed by atoms with E-state index in [1.54, 1.807) is 25.3 Å². The van der Waals surface area contributed by atoms with Crippen LogP contribution < -0.4 is 10.2 Å². The number of ether oxygens (including phenoxy) is 2. The maximum absolute atomic E-state index is 5.48. The summed E-state index contributed by atoms with van der Waals surface area (Å²) in [5, 5.41) is 5.10. The Kier molecular flexibility index (Phi) is 12.3. The lowest BCUT2D eigenvalue weighted by molar-refractivity contribution is -0.574. The van der Waals surface area contributed by atoms with E-state index in [4.69, 9.17) is 9.47 Å². The highest BCUT2D eigenvalue weighted by atomic mass is 16.5. The number of quaternary nitrogens is 1. The smallest absolute Gasteiger partial charge is 0.133 e.